The molecule has 60 heavy (non-hydrogen) atoms. The predicted molar refractivity (Wildman–Crippen MR) is 252 cm³/mol. The Labute approximate surface area is 372 Å². The Bertz CT molecular complexity index is 884. The maximum Gasteiger partial charge on any atom is 0.320 e. The molecule has 0 radical (unpaired) electrons. The van der Waals surface area contributed by atoms with Gasteiger partial charge in [0.15, 0.2) is 5.92 Å². The first-order chi connectivity index (χ1) is 29.4. The minimum Gasteiger partial charge on any atom is -0.465 e. The molecule has 8 heteroatoms. The molecule has 0 rings (SSSR count). The molecule has 0 aliphatic rings. The van der Waals surface area contributed by atoms with Gasteiger partial charge in [-0.2, -0.15) is 0 Å². The van der Waals surface area contributed by atoms with Crippen LogP contribution in [0.1, 0.15) is 265 Å². The van der Waals surface area contributed by atoms with Crippen molar-refractivity contribution in [1.82, 2.24) is 4.90 Å². The van der Waals surface area contributed by atoms with Crippen molar-refractivity contribution in [3.05, 3.63) is 0 Å². The number of esters is 3. The number of unbranched alkanes of at least 4 members (excludes halogenated alkanes) is 27. The molecular formula is C52H101NO7. The third-order valence-corrected chi connectivity index (χ3v) is 12.1. The van der Waals surface area contributed by atoms with E-state index in [-0.39, 0.29) is 18.7 Å². The summed E-state index contributed by atoms with van der Waals surface area (Å²) < 4.78 is 17.2. The summed E-state index contributed by atoms with van der Waals surface area (Å²) in [5.41, 5.74) is 0. The molecule has 0 unspecified atom stereocenters. The molecule has 0 heterocycles. The lowest BCUT2D eigenvalue weighted by atomic mass is 10.0. The summed E-state index contributed by atoms with van der Waals surface area (Å²) in [6.07, 6.45) is 40.9. The number of carbonyl (C=O) groups is 3. The van der Waals surface area contributed by atoms with Crippen molar-refractivity contribution in [2.75, 3.05) is 39.5 Å². The molecule has 0 aromatic carbocycles. The fourth-order valence-electron chi connectivity index (χ4n) is 8.10. The molecule has 0 saturated carbocycles. The number of hydrogen-bond donors (Lipinski definition) is 1. The van der Waals surface area contributed by atoms with E-state index in [1.165, 1.54) is 116 Å². The first kappa shape index (κ1) is 58.3. The number of nitrogens with zero attached hydrogens (tertiary/aromatic N) is 1. The summed E-state index contributed by atoms with van der Waals surface area (Å²) in [5.74, 6) is -1.68. The van der Waals surface area contributed by atoms with Gasteiger partial charge in [0.25, 0.3) is 0 Å². The molecule has 0 bridgehead atoms. The third kappa shape index (κ3) is 39.2. The van der Waals surface area contributed by atoms with E-state index in [0.29, 0.717) is 32.6 Å². The molecule has 0 aliphatic heterocycles. The fraction of sp³-hybridized carbons (Fsp3) is 0.942. The molecule has 1 N–H and O–H groups in total. The Balaban J connectivity index is 4.48. The summed E-state index contributed by atoms with van der Waals surface area (Å²) in [4.78, 5) is 41.2. The second-order valence-electron chi connectivity index (χ2n) is 17.9. The summed E-state index contributed by atoms with van der Waals surface area (Å²) in [6, 6.07) is 0. The van der Waals surface area contributed by atoms with Crippen LogP contribution in [0.2, 0.25) is 0 Å². The molecule has 0 aromatic rings. The van der Waals surface area contributed by atoms with Gasteiger partial charge in [-0.25, -0.2) is 0 Å². The molecule has 0 aliphatic carbocycles. The van der Waals surface area contributed by atoms with Crippen LogP contribution in [0.25, 0.3) is 0 Å². The predicted octanol–water partition coefficient (Wildman–Crippen LogP) is 14.4. The van der Waals surface area contributed by atoms with Gasteiger partial charge in [0.05, 0.1) is 19.8 Å². The number of aliphatic hydroxyl groups excluding tert-OH is 1. The van der Waals surface area contributed by atoms with Gasteiger partial charge in [0.1, 0.15) is 6.10 Å². The first-order valence-electron chi connectivity index (χ1n) is 26.3. The summed E-state index contributed by atoms with van der Waals surface area (Å²) in [6.45, 7) is 12.4. The van der Waals surface area contributed by atoms with E-state index < -0.39 is 17.9 Å². The van der Waals surface area contributed by atoms with Gasteiger partial charge in [-0.1, -0.05) is 195 Å². The van der Waals surface area contributed by atoms with Gasteiger partial charge in [0.2, 0.25) is 0 Å². The first-order valence-corrected chi connectivity index (χ1v) is 26.3. The lowest BCUT2D eigenvalue weighted by molar-refractivity contribution is -0.162. The average molecular weight is 852 g/mol. The van der Waals surface area contributed by atoms with Crippen LogP contribution >= 0.6 is 0 Å². The van der Waals surface area contributed by atoms with Crippen molar-refractivity contribution in [2.45, 2.75) is 271 Å². The highest BCUT2D eigenvalue weighted by atomic mass is 16.6. The van der Waals surface area contributed by atoms with Gasteiger partial charge < -0.3 is 24.2 Å². The van der Waals surface area contributed by atoms with Gasteiger partial charge in [-0.05, 0) is 77.3 Å². The number of ether oxygens (including phenoxy) is 3. The van der Waals surface area contributed by atoms with Gasteiger partial charge in [-0.15, -0.1) is 0 Å². The highest BCUT2D eigenvalue weighted by Crippen LogP contribution is 2.20. The average Bonchev–Trinajstić information content (AvgIpc) is 3.24. The third-order valence-electron chi connectivity index (χ3n) is 12.1. The SMILES string of the molecule is CCCCCCCCOC(=O)C(CCCCCCN(CCO)CCCCCCCC(=O)OC(CCCCCCCC)CCCCCCCC)C(=O)OCCCCCCCC. The molecule has 0 saturated heterocycles. The second-order valence-corrected chi connectivity index (χ2v) is 17.9. The minimum absolute atomic E-state index is 0.00605. The Kier molecular flexibility index (Phi) is 45.5. The largest absolute Gasteiger partial charge is 0.465 e. The van der Waals surface area contributed by atoms with Crippen molar-refractivity contribution in [3.63, 3.8) is 0 Å². The van der Waals surface area contributed by atoms with Gasteiger partial charge in [0, 0.05) is 13.0 Å². The number of carbonyl (C=O) groups excluding carboxylic acids is 3. The topological polar surface area (TPSA) is 102 Å². The van der Waals surface area contributed by atoms with E-state index >= 15 is 0 Å². The van der Waals surface area contributed by atoms with E-state index in [4.69, 9.17) is 14.2 Å². The van der Waals surface area contributed by atoms with E-state index in [1.54, 1.807) is 0 Å². The number of rotatable bonds is 48. The van der Waals surface area contributed by atoms with Crippen LogP contribution < -0.4 is 0 Å². The molecule has 0 fully saturated rings. The Morgan fingerprint density at radius 2 is 0.767 bits per heavy atom. The van der Waals surface area contributed by atoms with Crippen LogP contribution in [0.5, 0.6) is 0 Å². The van der Waals surface area contributed by atoms with Crippen molar-refractivity contribution in [3.8, 4) is 0 Å². The van der Waals surface area contributed by atoms with E-state index in [9.17, 15) is 19.5 Å². The van der Waals surface area contributed by atoms with Crippen molar-refractivity contribution < 1.29 is 33.7 Å². The van der Waals surface area contributed by atoms with E-state index in [2.05, 4.69) is 32.6 Å². The monoisotopic (exact) mass is 852 g/mol. The Morgan fingerprint density at radius 1 is 0.417 bits per heavy atom. The molecule has 0 amide bonds. The molecule has 0 spiro atoms. The zero-order valence-electron chi connectivity index (χ0n) is 40.4. The van der Waals surface area contributed by atoms with Crippen molar-refractivity contribution in [2.24, 2.45) is 5.92 Å². The van der Waals surface area contributed by atoms with E-state index in [1.807, 2.05) is 0 Å². The lowest BCUT2D eigenvalue weighted by Gasteiger charge is -2.21. The number of aliphatic hydroxyl groups is 1. The Morgan fingerprint density at radius 3 is 1.18 bits per heavy atom. The quantitative estimate of drug-likeness (QED) is 0.0279. The number of hydrogen-bond acceptors (Lipinski definition) is 8. The van der Waals surface area contributed by atoms with Crippen molar-refractivity contribution >= 4 is 17.9 Å². The van der Waals surface area contributed by atoms with Crippen LogP contribution in [0.15, 0.2) is 0 Å². The zero-order chi connectivity index (χ0) is 44.0. The summed E-state index contributed by atoms with van der Waals surface area (Å²) in [7, 11) is 0. The Hall–Kier alpha value is -1.67. The zero-order valence-corrected chi connectivity index (χ0v) is 40.4. The molecular weight excluding hydrogens is 751 g/mol. The van der Waals surface area contributed by atoms with Crippen LogP contribution in [-0.2, 0) is 28.6 Å². The van der Waals surface area contributed by atoms with Crippen LogP contribution in [0.3, 0.4) is 0 Å². The minimum atomic E-state index is -0.830. The second kappa shape index (κ2) is 46.8. The summed E-state index contributed by atoms with van der Waals surface area (Å²) in [5, 5.41) is 9.69. The van der Waals surface area contributed by atoms with Crippen molar-refractivity contribution in [1.29, 1.82) is 0 Å². The smallest absolute Gasteiger partial charge is 0.320 e. The maximum atomic E-state index is 13.0. The lowest BCUT2D eigenvalue weighted by Crippen LogP contribution is -2.29. The van der Waals surface area contributed by atoms with Gasteiger partial charge >= 0.3 is 17.9 Å². The summed E-state index contributed by atoms with van der Waals surface area (Å²) >= 11 is 0. The van der Waals surface area contributed by atoms with Gasteiger partial charge in [-0.3, -0.25) is 14.4 Å². The molecule has 0 aromatic heterocycles. The standard InChI is InChI=1S/C52H101NO7/c1-5-9-13-17-22-30-38-48(39-31-23-18-14-10-6-2)60-50(55)41-33-24-21-26-34-42-53(44-45-54)43-35-27-25-32-40-49(51(56)58-46-36-28-19-15-11-7-3)52(57)59-47-37-29-20-16-12-8-4/h48-49,54H,5-47H2,1-4H3. The van der Waals surface area contributed by atoms with Crippen LogP contribution in [0.4, 0.5) is 0 Å². The maximum absolute atomic E-state index is 13.0. The molecule has 356 valence electrons. The molecule has 8 nitrogen and oxygen atoms in total. The highest BCUT2D eigenvalue weighted by molar-refractivity contribution is 5.94. The van der Waals surface area contributed by atoms with E-state index in [0.717, 1.165) is 122 Å². The molecule has 0 atom stereocenters. The van der Waals surface area contributed by atoms with Crippen LogP contribution in [0, 0.1) is 5.92 Å². The van der Waals surface area contributed by atoms with Crippen LogP contribution in [-0.4, -0.2) is 73.5 Å². The normalized spacial score (nSPS) is 11.6. The fourth-order valence-corrected chi connectivity index (χ4v) is 8.10. The highest BCUT2D eigenvalue weighted by Gasteiger charge is 2.29.